The van der Waals surface area contributed by atoms with Crippen molar-refractivity contribution in [2.75, 3.05) is 13.2 Å². The van der Waals surface area contributed by atoms with Crippen LogP contribution >= 0.6 is 0 Å². The molecule has 1 N–H and O–H groups in total. The fourth-order valence-electron chi connectivity index (χ4n) is 2.60. The van der Waals surface area contributed by atoms with E-state index in [1.807, 2.05) is 0 Å². The summed E-state index contributed by atoms with van der Waals surface area (Å²) in [6.45, 7) is 3.71. The van der Waals surface area contributed by atoms with Gasteiger partial charge in [0, 0.05) is 12.5 Å². The largest absolute Gasteiger partial charge is 0.480 e. The van der Waals surface area contributed by atoms with Gasteiger partial charge in [0.25, 0.3) is 0 Å². The molecule has 0 aliphatic carbocycles. The monoisotopic (exact) mass is 293 g/mol. The number of amides is 1. The molecule has 0 aromatic heterocycles. The van der Waals surface area contributed by atoms with Gasteiger partial charge in [0.05, 0.1) is 0 Å². The third-order valence-electron chi connectivity index (χ3n) is 3.49. The molecular weight excluding hydrogens is 277 g/mol. The highest BCUT2D eigenvalue weighted by Crippen LogP contribution is 2.34. The Hall–Kier alpha value is -2.37. The summed E-state index contributed by atoms with van der Waals surface area (Å²) in [5, 5.41) is 9.40. The van der Waals surface area contributed by atoms with Crippen LogP contribution in [-0.4, -0.2) is 41.3 Å². The number of likely N-dealkylation sites (tertiary alicyclic amines) is 1. The van der Waals surface area contributed by atoms with Gasteiger partial charge in [-0.3, -0.25) is 4.90 Å². The first-order valence-electron chi connectivity index (χ1n) is 6.57. The predicted molar refractivity (Wildman–Crippen MR) is 73.4 cm³/mol. The number of hydrogen-bond donors (Lipinski definition) is 1. The van der Waals surface area contributed by atoms with Crippen LogP contribution in [0.3, 0.4) is 0 Å². The summed E-state index contributed by atoms with van der Waals surface area (Å²) in [5.74, 6) is -2.00. The summed E-state index contributed by atoms with van der Waals surface area (Å²) in [7, 11) is 0. The first kappa shape index (κ1) is 15.0. The highest BCUT2D eigenvalue weighted by atomic mass is 19.1. The summed E-state index contributed by atoms with van der Waals surface area (Å²) in [6, 6.07) is 4.75. The maximum Gasteiger partial charge on any atom is 0.410 e. The minimum Gasteiger partial charge on any atom is -0.480 e. The Balaban J connectivity index is 2.22. The number of nitrogens with zero attached hydrogens (tertiary/aromatic N) is 1. The molecule has 5 nitrogen and oxygen atoms in total. The van der Waals surface area contributed by atoms with E-state index in [0.717, 1.165) is 0 Å². The van der Waals surface area contributed by atoms with E-state index in [9.17, 15) is 19.1 Å². The normalized spacial score (nSPS) is 21.1. The van der Waals surface area contributed by atoms with Crippen LogP contribution in [0.1, 0.15) is 17.9 Å². The van der Waals surface area contributed by atoms with Crippen molar-refractivity contribution in [2.24, 2.45) is 0 Å². The van der Waals surface area contributed by atoms with Crippen molar-refractivity contribution < 1.29 is 23.8 Å². The van der Waals surface area contributed by atoms with Crippen LogP contribution < -0.4 is 0 Å². The first-order chi connectivity index (χ1) is 10.0. The van der Waals surface area contributed by atoms with Crippen LogP contribution in [0.25, 0.3) is 0 Å². The van der Waals surface area contributed by atoms with Crippen molar-refractivity contribution in [3.05, 3.63) is 48.3 Å². The van der Waals surface area contributed by atoms with E-state index in [2.05, 4.69) is 6.58 Å². The van der Waals surface area contributed by atoms with E-state index < -0.39 is 29.8 Å². The molecule has 21 heavy (non-hydrogen) atoms. The maximum atomic E-state index is 13.3. The second-order valence-corrected chi connectivity index (χ2v) is 4.79. The van der Waals surface area contributed by atoms with E-state index in [1.165, 1.54) is 29.2 Å². The molecule has 1 fully saturated rings. The van der Waals surface area contributed by atoms with Gasteiger partial charge in [0.15, 0.2) is 0 Å². The summed E-state index contributed by atoms with van der Waals surface area (Å²) in [6.07, 6.45) is 1.17. The molecule has 6 heteroatoms. The maximum absolute atomic E-state index is 13.3. The number of aliphatic carboxylic acids is 1. The zero-order valence-electron chi connectivity index (χ0n) is 11.4. The van der Waals surface area contributed by atoms with Crippen LogP contribution in [0, 0.1) is 5.82 Å². The lowest BCUT2D eigenvalue weighted by Gasteiger charge is -2.24. The van der Waals surface area contributed by atoms with E-state index in [0.29, 0.717) is 12.0 Å². The SMILES string of the molecule is C=CCOC(=O)N1CCC(c2cccc(F)c2)C1C(=O)O. The fraction of sp³-hybridized carbons (Fsp3) is 0.333. The number of rotatable bonds is 4. The Morgan fingerprint density at radius 1 is 1.52 bits per heavy atom. The fourth-order valence-corrected chi connectivity index (χ4v) is 2.60. The Morgan fingerprint density at radius 3 is 2.90 bits per heavy atom. The van der Waals surface area contributed by atoms with Gasteiger partial charge in [-0.2, -0.15) is 0 Å². The van der Waals surface area contributed by atoms with E-state index in [4.69, 9.17) is 4.74 Å². The predicted octanol–water partition coefficient (Wildman–Crippen LogP) is 2.39. The van der Waals surface area contributed by atoms with Crippen LogP contribution in [-0.2, 0) is 9.53 Å². The highest BCUT2D eigenvalue weighted by Gasteiger charge is 2.43. The number of carbonyl (C=O) groups is 2. The first-order valence-corrected chi connectivity index (χ1v) is 6.57. The van der Waals surface area contributed by atoms with Crippen LogP contribution in [0.15, 0.2) is 36.9 Å². The average Bonchev–Trinajstić information content (AvgIpc) is 2.89. The average molecular weight is 293 g/mol. The van der Waals surface area contributed by atoms with Gasteiger partial charge in [-0.05, 0) is 24.1 Å². The van der Waals surface area contributed by atoms with Gasteiger partial charge in [-0.15, -0.1) is 0 Å². The van der Waals surface area contributed by atoms with Crippen LogP contribution in [0.2, 0.25) is 0 Å². The standard InChI is InChI=1S/C15H16FNO4/c1-2-8-21-15(20)17-7-6-12(13(17)14(18)19)10-4-3-5-11(16)9-10/h2-5,9,12-13H,1,6-8H2,(H,18,19). The van der Waals surface area contributed by atoms with Crippen molar-refractivity contribution >= 4 is 12.1 Å². The number of benzene rings is 1. The van der Waals surface area contributed by atoms with Crippen molar-refractivity contribution in [1.82, 2.24) is 4.90 Å². The Bertz CT molecular complexity index is 560. The number of carboxylic acid groups (broad SMARTS) is 1. The molecule has 1 heterocycles. The second-order valence-electron chi connectivity index (χ2n) is 4.79. The number of hydrogen-bond acceptors (Lipinski definition) is 3. The van der Waals surface area contributed by atoms with Crippen molar-refractivity contribution in [1.29, 1.82) is 0 Å². The molecule has 1 aliphatic heterocycles. The molecule has 2 atom stereocenters. The van der Waals surface area contributed by atoms with Crippen LogP contribution in [0.4, 0.5) is 9.18 Å². The summed E-state index contributed by atoms with van der Waals surface area (Å²) >= 11 is 0. The molecule has 0 saturated carbocycles. The molecule has 0 bridgehead atoms. The van der Waals surface area contributed by atoms with Gasteiger partial charge in [0.1, 0.15) is 18.5 Å². The minimum atomic E-state index is -1.13. The number of ether oxygens (including phenoxy) is 1. The second kappa shape index (κ2) is 6.39. The molecule has 0 spiro atoms. The number of carbonyl (C=O) groups excluding carboxylic acids is 1. The Morgan fingerprint density at radius 2 is 2.29 bits per heavy atom. The minimum absolute atomic E-state index is 0.0201. The smallest absolute Gasteiger partial charge is 0.410 e. The Kier molecular flexibility index (Phi) is 4.57. The molecule has 0 radical (unpaired) electrons. The lowest BCUT2D eigenvalue weighted by Crippen LogP contribution is -2.43. The molecular formula is C15H16FNO4. The number of carboxylic acids is 1. The van der Waals surface area contributed by atoms with Crippen molar-refractivity contribution in [2.45, 2.75) is 18.4 Å². The number of halogens is 1. The van der Waals surface area contributed by atoms with Crippen LogP contribution in [0.5, 0.6) is 0 Å². The summed E-state index contributed by atoms with van der Waals surface area (Å²) in [5.41, 5.74) is 0.571. The van der Waals surface area contributed by atoms with Gasteiger partial charge in [-0.25, -0.2) is 14.0 Å². The van der Waals surface area contributed by atoms with E-state index >= 15 is 0 Å². The van der Waals surface area contributed by atoms with Gasteiger partial charge in [0.2, 0.25) is 0 Å². The molecule has 1 saturated heterocycles. The zero-order valence-corrected chi connectivity index (χ0v) is 11.4. The molecule has 112 valence electrons. The topological polar surface area (TPSA) is 66.8 Å². The summed E-state index contributed by atoms with van der Waals surface area (Å²) in [4.78, 5) is 24.5. The third kappa shape index (κ3) is 3.21. The van der Waals surface area contributed by atoms with Crippen molar-refractivity contribution in [3.8, 4) is 0 Å². The zero-order chi connectivity index (χ0) is 15.4. The highest BCUT2D eigenvalue weighted by molar-refractivity contribution is 5.82. The lowest BCUT2D eigenvalue weighted by atomic mass is 9.92. The van der Waals surface area contributed by atoms with Crippen molar-refractivity contribution in [3.63, 3.8) is 0 Å². The molecule has 2 unspecified atom stereocenters. The molecule has 1 aromatic rings. The van der Waals surface area contributed by atoms with Gasteiger partial charge < -0.3 is 9.84 Å². The van der Waals surface area contributed by atoms with Gasteiger partial charge in [-0.1, -0.05) is 24.8 Å². The molecule has 1 amide bonds. The molecule has 2 rings (SSSR count). The molecule has 1 aromatic carbocycles. The van der Waals surface area contributed by atoms with E-state index in [1.54, 1.807) is 6.07 Å². The van der Waals surface area contributed by atoms with Gasteiger partial charge >= 0.3 is 12.1 Å². The molecule has 1 aliphatic rings. The third-order valence-corrected chi connectivity index (χ3v) is 3.49. The Labute approximate surface area is 121 Å². The van der Waals surface area contributed by atoms with E-state index in [-0.39, 0.29) is 13.2 Å². The quantitative estimate of drug-likeness (QED) is 0.866. The summed E-state index contributed by atoms with van der Waals surface area (Å²) < 4.78 is 18.2. The lowest BCUT2D eigenvalue weighted by molar-refractivity contribution is -0.142.